The quantitative estimate of drug-likeness (QED) is 0.683. The van der Waals surface area contributed by atoms with Crippen LogP contribution in [0.2, 0.25) is 0 Å². The van der Waals surface area contributed by atoms with E-state index >= 15 is 0 Å². The summed E-state index contributed by atoms with van der Waals surface area (Å²) in [6, 6.07) is 7.81. The van der Waals surface area contributed by atoms with Gasteiger partial charge in [0.1, 0.15) is 5.75 Å². The maximum absolute atomic E-state index is 11.8. The SMILES string of the molecule is COCCNCc1c(C(=O)O)c(C)n(Cc2ccc(OC)cc2)c1C. The molecule has 0 aliphatic rings. The third-order valence-electron chi connectivity index (χ3n) is 4.41. The van der Waals surface area contributed by atoms with Crippen LogP contribution in [0.4, 0.5) is 0 Å². The first-order valence-electron chi connectivity index (χ1n) is 8.24. The smallest absolute Gasteiger partial charge is 0.337 e. The van der Waals surface area contributed by atoms with Crippen LogP contribution in [0, 0.1) is 13.8 Å². The molecule has 0 spiro atoms. The van der Waals surface area contributed by atoms with E-state index in [0.717, 1.165) is 28.3 Å². The second kappa shape index (κ2) is 8.69. The molecule has 1 heterocycles. The van der Waals surface area contributed by atoms with Crippen molar-refractivity contribution in [1.82, 2.24) is 9.88 Å². The number of aromatic carboxylic acids is 1. The second-order valence-corrected chi connectivity index (χ2v) is 5.93. The number of nitrogens with zero attached hydrogens (tertiary/aromatic N) is 1. The highest BCUT2D eigenvalue weighted by atomic mass is 16.5. The summed E-state index contributed by atoms with van der Waals surface area (Å²) >= 11 is 0. The second-order valence-electron chi connectivity index (χ2n) is 5.93. The molecule has 2 N–H and O–H groups in total. The van der Waals surface area contributed by atoms with E-state index in [-0.39, 0.29) is 0 Å². The lowest BCUT2D eigenvalue weighted by Gasteiger charge is -2.11. The molecule has 0 atom stereocenters. The molecular weight excluding hydrogens is 320 g/mol. The highest BCUT2D eigenvalue weighted by Crippen LogP contribution is 2.24. The molecule has 2 aromatic rings. The topological polar surface area (TPSA) is 72.7 Å². The Hall–Kier alpha value is -2.31. The van der Waals surface area contributed by atoms with E-state index < -0.39 is 5.97 Å². The third-order valence-corrected chi connectivity index (χ3v) is 4.41. The Morgan fingerprint density at radius 2 is 1.84 bits per heavy atom. The fourth-order valence-electron chi connectivity index (χ4n) is 2.99. The lowest BCUT2D eigenvalue weighted by Crippen LogP contribution is -2.20. The lowest BCUT2D eigenvalue weighted by atomic mass is 10.1. The number of aromatic nitrogens is 1. The van der Waals surface area contributed by atoms with E-state index in [9.17, 15) is 9.90 Å². The normalized spacial score (nSPS) is 10.9. The first kappa shape index (κ1) is 19.0. The van der Waals surface area contributed by atoms with E-state index in [0.29, 0.717) is 31.8 Å². The van der Waals surface area contributed by atoms with Gasteiger partial charge < -0.3 is 24.5 Å². The number of carboxylic acids is 1. The molecule has 0 amide bonds. The summed E-state index contributed by atoms with van der Waals surface area (Å²) < 4.78 is 12.3. The number of carbonyl (C=O) groups is 1. The molecule has 136 valence electrons. The number of benzene rings is 1. The molecular formula is C19H26N2O4. The van der Waals surface area contributed by atoms with Crippen molar-refractivity contribution in [3.05, 3.63) is 52.3 Å². The van der Waals surface area contributed by atoms with Crippen LogP contribution in [-0.4, -0.2) is 43.0 Å². The van der Waals surface area contributed by atoms with Crippen molar-refractivity contribution in [2.75, 3.05) is 27.4 Å². The first-order chi connectivity index (χ1) is 12.0. The van der Waals surface area contributed by atoms with Gasteiger partial charge in [0.05, 0.1) is 19.3 Å². The number of rotatable bonds is 9. The first-order valence-corrected chi connectivity index (χ1v) is 8.24. The van der Waals surface area contributed by atoms with E-state index in [1.807, 2.05) is 38.1 Å². The van der Waals surface area contributed by atoms with Crippen LogP contribution >= 0.6 is 0 Å². The summed E-state index contributed by atoms with van der Waals surface area (Å²) in [7, 11) is 3.28. The van der Waals surface area contributed by atoms with E-state index in [1.165, 1.54) is 0 Å². The van der Waals surface area contributed by atoms with Gasteiger partial charge in [0, 0.05) is 43.7 Å². The van der Waals surface area contributed by atoms with Gasteiger partial charge in [-0.25, -0.2) is 4.79 Å². The Morgan fingerprint density at radius 1 is 1.16 bits per heavy atom. The Balaban J connectivity index is 2.29. The summed E-state index contributed by atoms with van der Waals surface area (Å²) in [4.78, 5) is 11.8. The summed E-state index contributed by atoms with van der Waals surface area (Å²) in [6.07, 6.45) is 0. The number of carboxylic acid groups (broad SMARTS) is 1. The van der Waals surface area contributed by atoms with E-state index in [2.05, 4.69) is 9.88 Å². The predicted molar refractivity (Wildman–Crippen MR) is 96.5 cm³/mol. The van der Waals surface area contributed by atoms with Crippen molar-refractivity contribution in [3.8, 4) is 5.75 Å². The van der Waals surface area contributed by atoms with Gasteiger partial charge in [-0.2, -0.15) is 0 Å². The Labute approximate surface area is 148 Å². The highest BCUT2D eigenvalue weighted by Gasteiger charge is 2.22. The van der Waals surface area contributed by atoms with Gasteiger partial charge in [-0.15, -0.1) is 0 Å². The fourth-order valence-corrected chi connectivity index (χ4v) is 2.99. The van der Waals surface area contributed by atoms with Gasteiger partial charge in [-0.05, 0) is 31.5 Å². The van der Waals surface area contributed by atoms with Crippen LogP contribution in [0.1, 0.15) is 32.9 Å². The van der Waals surface area contributed by atoms with Crippen LogP contribution in [0.25, 0.3) is 0 Å². The minimum atomic E-state index is -0.891. The Bertz CT molecular complexity index is 720. The minimum absolute atomic E-state index is 0.385. The van der Waals surface area contributed by atoms with E-state index in [4.69, 9.17) is 9.47 Å². The summed E-state index contributed by atoms with van der Waals surface area (Å²) in [5, 5.41) is 12.9. The van der Waals surface area contributed by atoms with Crippen LogP contribution < -0.4 is 10.1 Å². The van der Waals surface area contributed by atoms with Crippen molar-refractivity contribution in [2.24, 2.45) is 0 Å². The zero-order valence-electron chi connectivity index (χ0n) is 15.3. The maximum Gasteiger partial charge on any atom is 0.337 e. The highest BCUT2D eigenvalue weighted by molar-refractivity contribution is 5.91. The van der Waals surface area contributed by atoms with Gasteiger partial charge in [0.2, 0.25) is 0 Å². The number of ether oxygens (including phenoxy) is 2. The summed E-state index contributed by atoms with van der Waals surface area (Å²) in [5.41, 5.74) is 4.04. The summed E-state index contributed by atoms with van der Waals surface area (Å²) in [5.74, 6) is -0.0865. The number of nitrogens with one attached hydrogen (secondary N) is 1. The third kappa shape index (κ3) is 4.41. The standard InChI is InChI=1S/C19H26N2O4/c1-13-17(11-20-9-10-24-3)18(19(22)23)14(2)21(13)12-15-5-7-16(25-4)8-6-15/h5-8,20H,9-12H2,1-4H3,(H,22,23). The van der Waals surface area contributed by atoms with Gasteiger partial charge in [-0.3, -0.25) is 0 Å². The molecule has 0 unspecified atom stereocenters. The molecule has 0 bridgehead atoms. The van der Waals surface area contributed by atoms with E-state index in [1.54, 1.807) is 14.2 Å². The molecule has 25 heavy (non-hydrogen) atoms. The summed E-state index contributed by atoms with van der Waals surface area (Å²) in [6.45, 7) is 6.23. The molecule has 0 saturated carbocycles. The number of hydrogen-bond acceptors (Lipinski definition) is 4. The molecule has 0 fully saturated rings. The van der Waals surface area contributed by atoms with Crippen molar-refractivity contribution in [1.29, 1.82) is 0 Å². The van der Waals surface area contributed by atoms with Gasteiger partial charge >= 0.3 is 5.97 Å². The van der Waals surface area contributed by atoms with Crippen LogP contribution in [-0.2, 0) is 17.8 Å². The Kier molecular flexibility index (Phi) is 6.61. The van der Waals surface area contributed by atoms with Gasteiger partial charge in [0.25, 0.3) is 0 Å². The van der Waals surface area contributed by atoms with Gasteiger partial charge in [-0.1, -0.05) is 12.1 Å². The fraction of sp³-hybridized carbons (Fsp3) is 0.421. The molecule has 0 aliphatic heterocycles. The molecule has 0 saturated heterocycles. The van der Waals surface area contributed by atoms with Crippen LogP contribution in [0.3, 0.4) is 0 Å². The average Bonchev–Trinajstić information content (AvgIpc) is 2.83. The average molecular weight is 346 g/mol. The minimum Gasteiger partial charge on any atom is -0.497 e. The molecule has 1 aromatic heterocycles. The van der Waals surface area contributed by atoms with Crippen LogP contribution in [0.15, 0.2) is 24.3 Å². The maximum atomic E-state index is 11.8. The predicted octanol–water partition coefficient (Wildman–Crippen LogP) is 2.60. The molecule has 6 nitrogen and oxygen atoms in total. The zero-order chi connectivity index (χ0) is 18.4. The van der Waals surface area contributed by atoms with Crippen LogP contribution in [0.5, 0.6) is 5.75 Å². The van der Waals surface area contributed by atoms with Crippen molar-refractivity contribution in [3.63, 3.8) is 0 Å². The molecule has 1 aromatic carbocycles. The molecule has 0 aliphatic carbocycles. The molecule has 0 radical (unpaired) electrons. The monoisotopic (exact) mass is 346 g/mol. The largest absolute Gasteiger partial charge is 0.497 e. The van der Waals surface area contributed by atoms with Crippen molar-refractivity contribution < 1.29 is 19.4 Å². The Morgan fingerprint density at radius 3 is 2.40 bits per heavy atom. The van der Waals surface area contributed by atoms with Gasteiger partial charge in [0.15, 0.2) is 0 Å². The van der Waals surface area contributed by atoms with Crippen molar-refractivity contribution in [2.45, 2.75) is 26.9 Å². The van der Waals surface area contributed by atoms with Crippen molar-refractivity contribution >= 4 is 5.97 Å². The molecule has 2 rings (SSSR count). The molecule has 6 heteroatoms. The lowest BCUT2D eigenvalue weighted by molar-refractivity contribution is 0.0694. The zero-order valence-corrected chi connectivity index (χ0v) is 15.3. The number of methoxy groups -OCH3 is 2. The number of hydrogen-bond donors (Lipinski definition) is 2.